The first kappa shape index (κ1) is 21.3. The number of carbonyl (C=O) groups is 1. The van der Waals surface area contributed by atoms with Crippen molar-refractivity contribution in [2.75, 3.05) is 13.7 Å². The number of hydrogen-bond acceptors (Lipinski definition) is 5. The van der Waals surface area contributed by atoms with Crippen molar-refractivity contribution in [3.63, 3.8) is 0 Å². The maximum atomic E-state index is 13.0. The highest BCUT2D eigenvalue weighted by Crippen LogP contribution is 2.32. The average Bonchev–Trinajstić information content (AvgIpc) is 3.01. The van der Waals surface area contributed by atoms with Crippen LogP contribution in [0.4, 0.5) is 0 Å². The molecule has 0 heterocycles. The van der Waals surface area contributed by atoms with Crippen LogP contribution >= 0.6 is 0 Å². The number of fused-ring (bicyclic) bond motifs is 1. The molecule has 2 aromatic rings. The molecule has 1 amide bonds. The third-order valence-electron chi connectivity index (χ3n) is 4.90. The molecular formula is C21H26N2O5S. The summed E-state index contributed by atoms with van der Waals surface area (Å²) in [7, 11) is -2.34. The van der Waals surface area contributed by atoms with E-state index in [1.165, 1.54) is 25.3 Å². The first-order valence-electron chi connectivity index (χ1n) is 9.47. The van der Waals surface area contributed by atoms with E-state index in [1.807, 2.05) is 38.1 Å². The SMILES string of the molecule is COc1ccc(S(=O)(=O)NCC(C)C)cc1C(=O)NC1c2ccccc2CC1O. The van der Waals surface area contributed by atoms with Gasteiger partial charge in [-0.05, 0) is 35.2 Å². The molecule has 0 radical (unpaired) electrons. The molecular weight excluding hydrogens is 392 g/mol. The molecule has 3 N–H and O–H groups in total. The van der Waals surface area contributed by atoms with E-state index in [2.05, 4.69) is 10.0 Å². The molecule has 0 bridgehead atoms. The molecule has 7 nitrogen and oxygen atoms in total. The summed E-state index contributed by atoms with van der Waals surface area (Å²) in [6, 6.07) is 11.1. The topological polar surface area (TPSA) is 105 Å². The van der Waals surface area contributed by atoms with Gasteiger partial charge in [-0.1, -0.05) is 38.1 Å². The highest BCUT2D eigenvalue weighted by molar-refractivity contribution is 7.89. The maximum absolute atomic E-state index is 13.0. The molecule has 156 valence electrons. The summed E-state index contributed by atoms with van der Waals surface area (Å²) >= 11 is 0. The zero-order valence-electron chi connectivity index (χ0n) is 16.7. The Hall–Kier alpha value is -2.42. The normalized spacial score (nSPS) is 18.5. The van der Waals surface area contributed by atoms with Crippen molar-refractivity contribution in [3.8, 4) is 5.75 Å². The van der Waals surface area contributed by atoms with Crippen molar-refractivity contribution < 1.29 is 23.1 Å². The lowest BCUT2D eigenvalue weighted by atomic mass is 10.1. The Morgan fingerprint density at radius 1 is 1.24 bits per heavy atom. The predicted molar refractivity (Wildman–Crippen MR) is 109 cm³/mol. The first-order valence-corrected chi connectivity index (χ1v) is 11.0. The van der Waals surface area contributed by atoms with Crippen molar-refractivity contribution >= 4 is 15.9 Å². The molecule has 8 heteroatoms. The highest BCUT2D eigenvalue weighted by atomic mass is 32.2. The molecule has 2 atom stereocenters. The van der Waals surface area contributed by atoms with Crippen LogP contribution in [0.25, 0.3) is 0 Å². The van der Waals surface area contributed by atoms with Gasteiger partial charge in [0.15, 0.2) is 0 Å². The van der Waals surface area contributed by atoms with Gasteiger partial charge in [-0.25, -0.2) is 13.1 Å². The standard InChI is InChI=1S/C21H26N2O5S/c1-13(2)12-22-29(26,27)15-8-9-19(28-3)17(11-15)21(25)23-20-16-7-5-4-6-14(16)10-18(20)24/h4-9,11,13,18,20,22,24H,10,12H2,1-3H3,(H,23,25). The Morgan fingerprint density at radius 2 is 1.97 bits per heavy atom. The van der Waals surface area contributed by atoms with Gasteiger partial charge in [0, 0.05) is 13.0 Å². The molecule has 1 aliphatic rings. The zero-order chi connectivity index (χ0) is 21.2. The van der Waals surface area contributed by atoms with Gasteiger partial charge in [0.05, 0.1) is 29.7 Å². The number of sulfonamides is 1. The second kappa shape index (κ2) is 8.52. The molecule has 3 rings (SSSR count). The van der Waals surface area contributed by atoms with E-state index in [1.54, 1.807) is 0 Å². The van der Waals surface area contributed by atoms with Gasteiger partial charge in [-0.2, -0.15) is 0 Å². The molecule has 0 spiro atoms. The Balaban J connectivity index is 1.88. The third-order valence-corrected chi connectivity index (χ3v) is 6.32. The maximum Gasteiger partial charge on any atom is 0.255 e. The van der Waals surface area contributed by atoms with Crippen LogP contribution in [0.15, 0.2) is 47.4 Å². The number of nitrogens with one attached hydrogen (secondary N) is 2. The molecule has 2 unspecified atom stereocenters. The lowest BCUT2D eigenvalue weighted by Crippen LogP contribution is -2.34. The van der Waals surface area contributed by atoms with Crippen LogP contribution in [0.5, 0.6) is 5.75 Å². The van der Waals surface area contributed by atoms with E-state index < -0.39 is 28.1 Å². The van der Waals surface area contributed by atoms with Gasteiger partial charge in [-0.3, -0.25) is 4.79 Å². The quantitative estimate of drug-likeness (QED) is 0.638. The van der Waals surface area contributed by atoms with Crippen molar-refractivity contribution in [1.29, 1.82) is 0 Å². The van der Waals surface area contributed by atoms with Gasteiger partial charge in [-0.15, -0.1) is 0 Å². The molecule has 2 aromatic carbocycles. The minimum Gasteiger partial charge on any atom is -0.496 e. The lowest BCUT2D eigenvalue weighted by molar-refractivity contribution is 0.0855. The highest BCUT2D eigenvalue weighted by Gasteiger charge is 2.33. The number of methoxy groups -OCH3 is 1. The first-order chi connectivity index (χ1) is 13.7. The summed E-state index contributed by atoms with van der Waals surface area (Å²) in [4.78, 5) is 12.9. The summed E-state index contributed by atoms with van der Waals surface area (Å²) in [5, 5.41) is 13.2. The van der Waals surface area contributed by atoms with Crippen molar-refractivity contribution in [3.05, 3.63) is 59.2 Å². The van der Waals surface area contributed by atoms with Crippen LogP contribution < -0.4 is 14.8 Å². The van der Waals surface area contributed by atoms with Crippen LogP contribution in [-0.2, 0) is 16.4 Å². The van der Waals surface area contributed by atoms with Crippen LogP contribution in [0.1, 0.15) is 41.4 Å². The third kappa shape index (κ3) is 4.60. The van der Waals surface area contributed by atoms with Gasteiger partial charge < -0.3 is 15.2 Å². The summed E-state index contributed by atoms with van der Waals surface area (Å²) in [5.74, 6) is -0.107. The number of aliphatic hydroxyl groups is 1. The Bertz CT molecular complexity index is 1000. The Labute approximate surface area is 171 Å². The number of ether oxygens (including phenoxy) is 1. The fraction of sp³-hybridized carbons (Fsp3) is 0.381. The van der Waals surface area contributed by atoms with Crippen molar-refractivity contribution in [2.45, 2.75) is 37.3 Å². The fourth-order valence-corrected chi connectivity index (χ4v) is 4.60. The number of rotatable bonds is 7. The lowest BCUT2D eigenvalue weighted by Gasteiger charge is -2.19. The van der Waals surface area contributed by atoms with Crippen LogP contribution in [0.2, 0.25) is 0 Å². The number of carbonyl (C=O) groups excluding carboxylic acids is 1. The summed E-state index contributed by atoms with van der Waals surface area (Å²) in [5.41, 5.74) is 1.93. The molecule has 0 saturated heterocycles. The second-order valence-electron chi connectivity index (χ2n) is 7.53. The van der Waals surface area contributed by atoms with E-state index in [0.29, 0.717) is 13.0 Å². The fourth-order valence-electron chi connectivity index (χ4n) is 3.36. The Morgan fingerprint density at radius 3 is 2.66 bits per heavy atom. The minimum absolute atomic E-state index is 0.0172. The molecule has 1 aliphatic carbocycles. The number of hydrogen-bond donors (Lipinski definition) is 3. The number of benzene rings is 2. The van der Waals surface area contributed by atoms with Crippen molar-refractivity contribution in [2.24, 2.45) is 5.92 Å². The van der Waals surface area contributed by atoms with E-state index in [9.17, 15) is 18.3 Å². The van der Waals surface area contributed by atoms with E-state index in [0.717, 1.165) is 11.1 Å². The van der Waals surface area contributed by atoms with Gasteiger partial charge in [0.25, 0.3) is 5.91 Å². The monoisotopic (exact) mass is 418 g/mol. The van der Waals surface area contributed by atoms with Crippen LogP contribution in [0, 0.1) is 5.92 Å². The van der Waals surface area contributed by atoms with Crippen LogP contribution in [-0.4, -0.2) is 39.2 Å². The summed E-state index contributed by atoms with van der Waals surface area (Å²) < 4.78 is 32.9. The van der Waals surface area contributed by atoms with Gasteiger partial charge in [0.1, 0.15) is 5.75 Å². The molecule has 0 saturated carbocycles. The number of amides is 1. The van der Waals surface area contributed by atoms with Crippen molar-refractivity contribution in [1.82, 2.24) is 10.0 Å². The van der Waals surface area contributed by atoms with E-state index in [-0.39, 0.29) is 22.1 Å². The molecule has 0 aliphatic heterocycles. The summed E-state index contributed by atoms with van der Waals surface area (Å²) in [6.07, 6.45) is -0.298. The molecule has 0 fully saturated rings. The van der Waals surface area contributed by atoms with E-state index >= 15 is 0 Å². The predicted octanol–water partition coefficient (Wildman–Crippen LogP) is 2.02. The Kier molecular flexibility index (Phi) is 6.26. The molecule has 29 heavy (non-hydrogen) atoms. The van der Waals surface area contributed by atoms with Crippen LogP contribution in [0.3, 0.4) is 0 Å². The second-order valence-corrected chi connectivity index (χ2v) is 9.30. The smallest absolute Gasteiger partial charge is 0.255 e. The van der Waals surface area contributed by atoms with E-state index in [4.69, 9.17) is 4.74 Å². The zero-order valence-corrected chi connectivity index (χ0v) is 17.5. The van der Waals surface area contributed by atoms with Gasteiger partial charge in [0.2, 0.25) is 10.0 Å². The largest absolute Gasteiger partial charge is 0.496 e. The minimum atomic E-state index is -3.76. The van der Waals surface area contributed by atoms with Gasteiger partial charge >= 0.3 is 0 Å². The summed E-state index contributed by atoms with van der Waals surface area (Å²) in [6.45, 7) is 4.10. The average molecular weight is 419 g/mol. The number of aliphatic hydroxyl groups excluding tert-OH is 1. The molecule has 0 aromatic heterocycles.